The predicted molar refractivity (Wildman–Crippen MR) is 94.0 cm³/mol. The van der Waals surface area contributed by atoms with E-state index in [4.69, 9.17) is 14.2 Å². The van der Waals surface area contributed by atoms with Crippen molar-refractivity contribution in [2.24, 2.45) is 0 Å². The number of methoxy groups -OCH3 is 1. The minimum atomic E-state index is -0.349. The zero-order valence-corrected chi connectivity index (χ0v) is 14.0. The van der Waals surface area contributed by atoms with Crippen LogP contribution in [0.4, 0.5) is 10.5 Å². The van der Waals surface area contributed by atoms with Gasteiger partial charge in [0.1, 0.15) is 0 Å². The Morgan fingerprint density at radius 1 is 1.16 bits per heavy atom. The maximum absolute atomic E-state index is 12.6. The maximum atomic E-state index is 12.6. The van der Waals surface area contributed by atoms with E-state index in [1.165, 1.54) is 12.0 Å². The van der Waals surface area contributed by atoms with Gasteiger partial charge in [-0.2, -0.15) is 0 Å². The molecule has 0 atom stereocenters. The van der Waals surface area contributed by atoms with Gasteiger partial charge in [-0.05, 0) is 47.7 Å². The topological polar surface area (TPSA) is 65.1 Å². The number of imide groups is 1. The highest BCUT2D eigenvalue weighted by atomic mass is 32.2. The second-order valence-corrected chi connectivity index (χ2v) is 6.30. The average molecular weight is 355 g/mol. The van der Waals surface area contributed by atoms with Gasteiger partial charge in [0.2, 0.25) is 12.5 Å². The molecule has 0 bridgehead atoms. The second-order valence-electron chi connectivity index (χ2n) is 5.31. The molecule has 2 aromatic carbocycles. The molecule has 0 radical (unpaired) electrons. The number of ether oxygens (including phenoxy) is 3. The summed E-state index contributed by atoms with van der Waals surface area (Å²) in [5.41, 5.74) is 1.25. The van der Waals surface area contributed by atoms with Crippen LogP contribution >= 0.6 is 11.8 Å². The van der Waals surface area contributed by atoms with E-state index in [2.05, 4.69) is 0 Å². The summed E-state index contributed by atoms with van der Waals surface area (Å²) in [5.74, 6) is 1.26. The second kappa shape index (κ2) is 6.18. The summed E-state index contributed by atoms with van der Waals surface area (Å²) in [6, 6.07) is 12.3. The summed E-state index contributed by atoms with van der Waals surface area (Å²) in [7, 11) is 1.53. The number of fused-ring (bicyclic) bond motifs is 1. The normalized spacial score (nSPS) is 17.5. The van der Waals surface area contributed by atoms with E-state index >= 15 is 0 Å². The Morgan fingerprint density at radius 3 is 2.72 bits per heavy atom. The smallest absolute Gasteiger partial charge is 0.298 e. The minimum absolute atomic E-state index is 0.125. The Hall–Kier alpha value is -2.93. The van der Waals surface area contributed by atoms with E-state index in [0.29, 0.717) is 33.4 Å². The van der Waals surface area contributed by atoms with Crippen molar-refractivity contribution in [3.8, 4) is 17.2 Å². The van der Waals surface area contributed by atoms with Crippen molar-refractivity contribution in [3.05, 3.63) is 52.9 Å². The largest absolute Gasteiger partial charge is 0.493 e. The van der Waals surface area contributed by atoms with Crippen molar-refractivity contribution in [2.75, 3.05) is 18.8 Å². The van der Waals surface area contributed by atoms with Gasteiger partial charge < -0.3 is 14.2 Å². The fraction of sp³-hybridized carbons (Fsp3) is 0.111. The van der Waals surface area contributed by atoms with Gasteiger partial charge in [-0.1, -0.05) is 18.2 Å². The van der Waals surface area contributed by atoms with Gasteiger partial charge in [-0.25, -0.2) is 4.90 Å². The Labute approximate surface area is 148 Å². The highest BCUT2D eigenvalue weighted by molar-refractivity contribution is 8.19. The highest BCUT2D eigenvalue weighted by Gasteiger charge is 2.36. The average Bonchev–Trinajstić information content (AvgIpc) is 3.20. The van der Waals surface area contributed by atoms with E-state index in [0.717, 1.165) is 11.8 Å². The zero-order chi connectivity index (χ0) is 17.4. The summed E-state index contributed by atoms with van der Waals surface area (Å²) < 4.78 is 16.0. The zero-order valence-electron chi connectivity index (χ0n) is 13.2. The molecule has 6 nitrogen and oxygen atoms in total. The Balaban J connectivity index is 1.69. The minimum Gasteiger partial charge on any atom is -0.493 e. The first-order valence-corrected chi connectivity index (χ1v) is 8.29. The van der Waals surface area contributed by atoms with E-state index in [1.54, 1.807) is 42.5 Å². The number of nitrogens with zero attached hydrogens (tertiary/aromatic N) is 1. The van der Waals surface area contributed by atoms with Crippen molar-refractivity contribution in [1.29, 1.82) is 0 Å². The fourth-order valence-electron chi connectivity index (χ4n) is 2.65. The van der Waals surface area contributed by atoms with E-state index in [1.807, 2.05) is 6.07 Å². The number of amides is 2. The third-order valence-corrected chi connectivity index (χ3v) is 4.66. The number of benzene rings is 2. The Bertz CT molecular complexity index is 894. The molecule has 0 N–H and O–H groups in total. The molecule has 2 aromatic rings. The van der Waals surface area contributed by atoms with Crippen LogP contribution in [-0.4, -0.2) is 25.0 Å². The number of carbonyl (C=O) groups excluding carboxylic acids is 2. The fourth-order valence-corrected chi connectivity index (χ4v) is 3.49. The van der Waals surface area contributed by atoms with Crippen LogP contribution in [0.5, 0.6) is 17.2 Å². The quantitative estimate of drug-likeness (QED) is 0.783. The first-order valence-electron chi connectivity index (χ1n) is 7.48. The van der Waals surface area contributed by atoms with Gasteiger partial charge in [-0.15, -0.1) is 0 Å². The molecule has 2 heterocycles. The van der Waals surface area contributed by atoms with Crippen LogP contribution in [0.25, 0.3) is 6.08 Å². The number of hydrogen-bond donors (Lipinski definition) is 0. The third-order valence-electron chi connectivity index (χ3n) is 3.79. The van der Waals surface area contributed by atoms with E-state index in [-0.39, 0.29) is 17.9 Å². The lowest BCUT2D eigenvalue weighted by molar-refractivity contribution is -0.113. The SMILES string of the molecule is COc1cc(/C=C2/SC(=O)N(c3ccccc3)C2=O)cc2c1OCO2. The van der Waals surface area contributed by atoms with Crippen LogP contribution < -0.4 is 19.1 Å². The monoisotopic (exact) mass is 355 g/mol. The molecule has 0 aromatic heterocycles. The Kier molecular flexibility index (Phi) is 3.85. The molecule has 0 spiro atoms. The van der Waals surface area contributed by atoms with E-state index < -0.39 is 0 Å². The van der Waals surface area contributed by atoms with Crippen molar-refractivity contribution in [3.63, 3.8) is 0 Å². The molecular formula is C18H13NO5S. The first kappa shape index (κ1) is 15.6. The molecule has 1 saturated heterocycles. The van der Waals surface area contributed by atoms with Crippen LogP contribution in [0.2, 0.25) is 0 Å². The van der Waals surface area contributed by atoms with Gasteiger partial charge >= 0.3 is 0 Å². The molecule has 25 heavy (non-hydrogen) atoms. The predicted octanol–water partition coefficient (Wildman–Crippen LogP) is 3.66. The number of anilines is 1. The summed E-state index contributed by atoms with van der Waals surface area (Å²) in [6.45, 7) is 0.125. The first-order chi connectivity index (χ1) is 12.2. The maximum Gasteiger partial charge on any atom is 0.298 e. The highest BCUT2D eigenvalue weighted by Crippen LogP contribution is 2.43. The standard InChI is InChI=1S/C18H13NO5S/c1-22-13-7-11(8-14-16(13)24-10-23-14)9-15-17(20)19(18(21)25-15)12-5-3-2-4-6-12/h2-9H,10H2,1H3/b15-9+. The van der Waals surface area contributed by atoms with Crippen LogP contribution in [0.1, 0.15) is 5.56 Å². The van der Waals surface area contributed by atoms with Gasteiger partial charge in [-0.3, -0.25) is 9.59 Å². The molecule has 2 amide bonds. The molecule has 1 fully saturated rings. The van der Waals surface area contributed by atoms with Crippen molar-refractivity contribution >= 4 is 34.7 Å². The Morgan fingerprint density at radius 2 is 1.96 bits per heavy atom. The van der Waals surface area contributed by atoms with Crippen LogP contribution in [0.15, 0.2) is 47.4 Å². The number of hydrogen-bond acceptors (Lipinski definition) is 6. The van der Waals surface area contributed by atoms with Crippen LogP contribution in [0.3, 0.4) is 0 Å². The number of thioether (sulfide) groups is 1. The molecule has 0 aliphatic carbocycles. The summed E-state index contributed by atoms with van der Waals surface area (Å²) >= 11 is 0.904. The molecule has 2 aliphatic rings. The number of carbonyl (C=O) groups is 2. The number of para-hydroxylation sites is 1. The van der Waals surface area contributed by atoms with Gasteiger partial charge in [0.05, 0.1) is 17.7 Å². The summed E-state index contributed by atoms with van der Waals surface area (Å²) in [6.07, 6.45) is 1.65. The molecule has 2 aliphatic heterocycles. The van der Waals surface area contributed by atoms with Crippen LogP contribution in [-0.2, 0) is 4.79 Å². The van der Waals surface area contributed by atoms with Gasteiger partial charge in [0.25, 0.3) is 11.1 Å². The summed E-state index contributed by atoms with van der Waals surface area (Å²) in [5, 5.41) is -0.324. The molecule has 7 heteroatoms. The summed E-state index contributed by atoms with van der Waals surface area (Å²) in [4.78, 5) is 26.4. The third kappa shape index (κ3) is 2.72. The van der Waals surface area contributed by atoms with Gasteiger partial charge in [0, 0.05) is 0 Å². The molecule has 0 saturated carbocycles. The van der Waals surface area contributed by atoms with E-state index in [9.17, 15) is 9.59 Å². The molecule has 4 rings (SSSR count). The van der Waals surface area contributed by atoms with Crippen LogP contribution in [0, 0.1) is 0 Å². The molecular weight excluding hydrogens is 342 g/mol. The number of rotatable bonds is 3. The molecule has 126 valence electrons. The molecule has 0 unspecified atom stereocenters. The lowest BCUT2D eigenvalue weighted by Gasteiger charge is -2.11. The van der Waals surface area contributed by atoms with Crippen molar-refractivity contribution in [1.82, 2.24) is 0 Å². The van der Waals surface area contributed by atoms with Crippen molar-refractivity contribution < 1.29 is 23.8 Å². The lowest BCUT2D eigenvalue weighted by atomic mass is 10.1. The van der Waals surface area contributed by atoms with Crippen molar-refractivity contribution in [2.45, 2.75) is 0 Å². The van der Waals surface area contributed by atoms with Gasteiger partial charge in [0.15, 0.2) is 11.5 Å². The lowest BCUT2D eigenvalue weighted by Crippen LogP contribution is -2.27.